The molecule has 0 spiro atoms. The Balaban J connectivity index is 1.16. The van der Waals surface area contributed by atoms with Crippen LogP contribution in [0.2, 0.25) is 0 Å². The minimum Gasteiger partial charge on any atom is -0.302 e. The Morgan fingerprint density at radius 3 is 2.56 bits per heavy atom. The van der Waals surface area contributed by atoms with Crippen LogP contribution in [0, 0.1) is 5.92 Å². The maximum Gasteiger partial charge on any atom is 0.0352 e. The van der Waals surface area contributed by atoms with E-state index in [0.717, 1.165) is 12.5 Å². The van der Waals surface area contributed by atoms with Crippen molar-refractivity contribution >= 4 is 23.7 Å². The number of benzene rings is 2. The number of thioether (sulfide) groups is 1. The van der Waals surface area contributed by atoms with Gasteiger partial charge in [0, 0.05) is 36.0 Å². The molecule has 27 heavy (non-hydrogen) atoms. The van der Waals surface area contributed by atoms with Crippen LogP contribution in [-0.4, -0.2) is 46.9 Å². The molecule has 2 aromatic carbocycles. The minimum atomic E-state index is 0.871. The maximum absolute atomic E-state index is 2.68. The van der Waals surface area contributed by atoms with E-state index in [9.17, 15) is 0 Å². The monoisotopic (exact) mass is 398 g/mol. The van der Waals surface area contributed by atoms with Crippen LogP contribution in [0.3, 0.4) is 0 Å². The predicted octanol–water partition coefficient (Wildman–Crippen LogP) is 5.20. The third-order valence-electron chi connectivity index (χ3n) is 5.67. The van der Waals surface area contributed by atoms with Crippen LogP contribution in [0.15, 0.2) is 59.5 Å². The number of hydrogen-bond donors (Lipinski definition) is 0. The molecule has 0 bridgehead atoms. The predicted molar refractivity (Wildman–Crippen MR) is 119 cm³/mol. The summed E-state index contributed by atoms with van der Waals surface area (Å²) in [5.74, 6) is 3.29. The fourth-order valence-corrected chi connectivity index (χ4v) is 6.26. The van der Waals surface area contributed by atoms with E-state index in [0.29, 0.717) is 0 Å². The molecular formula is C23H30N2S2. The van der Waals surface area contributed by atoms with Crippen LogP contribution >= 0.6 is 23.7 Å². The van der Waals surface area contributed by atoms with E-state index in [1.165, 1.54) is 73.0 Å². The van der Waals surface area contributed by atoms with E-state index in [4.69, 9.17) is 0 Å². The molecule has 0 amide bonds. The van der Waals surface area contributed by atoms with Gasteiger partial charge in [0.1, 0.15) is 0 Å². The summed E-state index contributed by atoms with van der Waals surface area (Å²) in [6.45, 7) is 6.05. The van der Waals surface area contributed by atoms with Gasteiger partial charge in [0.25, 0.3) is 0 Å². The van der Waals surface area contributed by atoms with E-state index in [-0.39, 0.29) is 0 Å². The molecule has 2 aliphatic heterocycles. The normalized spacial score (nSPS) is 19.6. The molecule has 0 saturated carbocycles. The fourth-order valence-electron chi connectivity index (χ4n) is 4.07. The second kappa shape index (κ2) is 10.0. The summed E-state index contributed by atoms with van der Waals surface area (Å²) in [5, 5.41) is 0. The molecule has 2 aromatic rings. The molecule has 0 atom stereocenters. The average molecular weight is 399 g/mol. The Labute approximate surface area is 172 Å². The number of hydrogen-bond acceptors (Lipinski definition) is 4. The second-order valence-electron chi connectivity index (χ2n) is 7.63. The average Bonchev–Trinajstić information content (AvgIpc) is 2.92. The lowest BCUT2D eigenvalue weighted by Crippen LogP contribution is -2.36. The van der Waals surface area contributed by atoms with E-state index in [1.54, 1.807) is 0 Å². The van der Waals surface area contributed by atoms with Crippen LogP contribution in [0.5, 0.6) is 0 Å². The topological polar surface area (TPSA) is 6.48 Å². The lowest BCUT2D eigenvalue weighted by Gasteiger charge is -2.32. The minimum absolute atomic E-state index is 0.871. The lowest BCUT2D eigenvalue weighted by molar-refractivity contribution is 0.193. The quantitative estimate of drug-likeness (QED) is 0.617. The van der Waals surface area contributed by atoms with Gasteiger partial charge in [0.15, 0.2) is 0 Å². The summed E-state index contributed by atoms with van der Waals surface area (Å²) in [6.07, 6.45) is 3.97. The molecule has 0 N–H and O–H groups in total. The highest BCUT2D eigenvalue weighted by molar-refractivity contribution is 7.99. The summed E-state index contributed by atoms with van der Waals surface area (Å²) in [7, 11) is 0. The van der Waals surface area contributed by atoms with E-state index >= 15 is 0 Å². The van der Waals surface area contributed by atoms with Gasteiger partial charge >= 0.3 is 0 Å². The Kier molecular flexibility index (Phi) is 7.19. The molecule has 144 valence electrons. The first kappa shape index (κ1) is 19.4. The largest absolute Gasteiger partial charge is 0.302 e. The molecule has 4 heteroatoms. The Hall–Kier alpha value is -0.940. The van der Waals surface area contributed by atoms with Gasteiger partial charge in [0.05, 0.1) is 0 Å². The van der Waals surface area contributed by atoms with Crippen LogP contribution in [0.25, 0.3) is 0 Å². The van der Waals surface area contributed by atoms with Crippen molar-refractivity contribution in [1.29, 1.82) is 0 Å². The van der Waals surface area contributed by atoms with E-state index in [1.807, 2.05) is 23.7 Å². The first-order chi connectivity index (χ1) is 13.4. The second-order valence-corrected chi connectivity index (χ2v) is 9.95. The van der Waals surface area contributed by atoms with Crippen LogP contribution in [0.4, 0.5) is 0 Å². The third-order valence-corrected chi connectivity index (χ3v) is 7.81. The first-order valence-corrected chi connectivity index (χ1v) is 12.1. The van der Waals surface area contributed by atoms with Crippen LogP contribution < -0.4 is 0 Å². The maximum atomic E-state index is 2.68. The highest BCUT2D eigenvalue weighted by Crippen LogP contribution is 2.30. The Morgan fingerprint density at radius 2 is 1.70 bits per heavy atom. The van der Waals surface area contributed by atoms with Crippen molar-refractivity contribution in [1.82, 2.24) is 9.21 Å². The molecule has 2 nitrogen and oxygen atoms in total. The summed E-state index contributed by atoms with van der Waals surface area (Å²) in [5.41, 5.74) is 3.00. The summed E-state index contributed by atoms with van der Waals surface area (Å²) >= 11 is 4.06. The molecule has 0 radical (unpaired) electrons. The van der Waals surface area contributed by atoms with Gasteiger partial charge in [-0.25, -0.2) is 4.31 Å². The molecule has 1 fully saturated rings. The standard InChI is InChI=1S/C23H30N2S2/c1-2-6-20(7-3-1)18-21-10-12-24(13-11-21)14-17-27-25-15-16-26-23-9-5-4-8-22(23)19-25/h1-9,21H,10-19H2. The molecule has 0 aliphatic carbocycles. The van der Waals surface area contributed by atoms with Crippen molar-refractivity contribution in [3.05, 3.63) is 65.7 Å². The van der Waals surface area contributed by atoms with E-state index < -0.39 is 0 Å². The zero-order valence-electron chi connectivity index (χ0n) is 16.1. The molecule has 2 heterocycles. The third kappa shape index (κ3) is 5.77. The molecule has 0 unspecified atom stereocenters. The van der Waals surface area contributed by atoms with Gasteiger partial charge in [-0.05, 0) is 55.5 Å². The van der Waals surface area contributed by atoms with Crippen molar-refractivity contribution in [3.63, 3.8) is 0 Å². The smallest absolute Gasteiger partial charge is 0.0352 e. The van der Waals surface area contributed by atoms with Gasteiger partial charge in [-0.3, -0.25) is 0 Å². The zero-order chi connectivity index (χ0) is 18.3. The Bertz CT molecular complexity index is 699. The molecular weight excluding hydrogens is 368 g/mol. The summed E-state index contributed by atoms with van der Waals surface area (Å²) in [6, 6.07) is 19.9. The highest BCUT2D eigenvalue weighted by atomic mass is 32.2. The Morgan fingerprint density at radius 1 is 0.926 bits per heavy atom. The number of fused-ring (bicyclic) bond motifs is 1. The van der Waals surface area contributed by atoms with Crippen molar-refractivity contribution < 1.29 is 0 Å². The van der Waals surface area contributed by atoms with E-state index in [2.05, 4.69) is 63.8 Å². The van der Waals surface area contributed by atoms with Gasteiger partial charge in [-0.2, -0.15) is 0 Å². The molecule has 1 saturated heterocycles. The number of piperidine rings is 1. The van der Waals surface area contributed by atoms with Gasteiger partial charge in [-0.1, -0.05) is 60.5 Å². The van der Waals surface area contributed by atoms with Crippen LogP contribution in [-0.2, 0) is 13.0 Å². The lowest BCUT2D eigenvalue weighted by atomic mass is 9.90. The summed E-state index contributed by atoms with van der Waals surface area (Å²) < 4.78 is 2.57. The SMILES string of the molecule is c1ccc(CC2CCN(CCSN3CCSc4ccccc4C3)CC2)cc1. The van der Waals surface area contributed by atoms with Gasteiger partial charge < -0.3 is 4.90 Å². The number of rotatable bonds is 6. The molecule has 2 aliphatic rings. The van der Waals surface area contributed by atoms with Crippen molar-refractivity contribution in [3.8, 4) is 0 Å². The fraction of sp³-hybridized carbons (Fsp3) is 0.478. The molecule has 0 aromatic heterocycles. The highest BCUT2D eigenvalue weighted by Gasteiger charge is 2.20. The van der Waals surface area contributed by atoms with Gasteiger partial charge in [-0.15, -0.1) is 11.8 Å². The zero-order valence-corrected chi connectivity index (χ0v) is 17.7. The van der Waals surface area contributed by atoms with Crippen LogP contribution in [0.1, 0.15) is 24.0 Å². The van der Waals surface area contributed by atoms with Crippen molar-refractivity contribution in [2.45, 2.75) is 30.7 Å². The number of nitrogens with zero attached hydrogens (tertiary/aromatic N) is 2. The summed E-state index contributed by atoms with van der Waals surface area (Å²) in [4.78, 5) is 4.15. The number of likely N-dealkylation sites (tertiary alicyclic amines) is 1. The molecule has 4 rings (SSSR count). The van der Waals surface area contributed by atoms with Crippen molar-refractivity contribution in [2.75, 3.05) is 37.7 Å². The van der Waals surface area contributed by atoms with Gasteiger partial charge in [0.2, 0.25) is 0 Å². The first-order valence-electron chi connectivity index (χ1n) is 10.2. The van der Waals surface area contributed by atoms with Crippen molar-refractivity contribution in [2.24, 2.45) is 5.92 Å².